The third-order valence-electron chi connectivity index (χ3n) is 4.07. The lowest BCUT2D eigenvalue weighted by atomic mass is 10.3. The van der Waals surface area contributed by atoms with Crippen LogP contribution in [0.2, 0.25) is 0 Å². The highest BCUT2D eigenvalue weighted by atomic mass is 16.3. The summed E-state index contributed by atoms with van der Waals surface area (Å²) in [6.45, 7) is 2.76. The Balaban J connectivity index is 1.57. The van der Waals surface area contributed by atoms with Crippen molar-refractivity contribution in [2.75, 3.05) is 7.05 Å². The van der Waals surface area contributed by atoms with Gasteiger partial charge >= 0.3 is 0 Å². The molecule has 2 aromatic heterocycles. The standard InChI is InChI=1S/C17H21N3O2/c1-12-8-15(12)16-6-4-14(22-16)5-7-17(21)19(2)10-13-9-18-20(3)11-13/h4-7,9,11-12,15H,8,10H2,1-3H3/b7-5+. The van der Waals surface area contributed by atoms with Crippen molar-refractivity contribution in [1.29, 1.82) is 0 Å². The average molecular weight is 299 g/mol. The fraction of sp³-hybridized carbons (Fsp3) is 0.412. The molecule has 5 heteroatoms. The third kappa shape index (κ3) is 3.30. The van der Waals surface area contributed by atoms with Crippen molar-refractivity contribution in [3.8, 4) is 0 Å². The number of nitrogens with zero attached hydrogens (tertiary/aromatic N) is 3. The molecule has 1 saturated carbocycles. The summed E-state index contributed by atoms with van der Waals surface area (Å²) in [5.74, 6) is 2.99. The van der Waals surface area contributed by atoms with Gasteiger partial charge in [-0.1, -0.05) is 6.92 Å². The lowest BCUT2D eigenvalue weighted by Crippen LogP contribution is -2.23. The van der Waals surface area contributed by atoms with Crippen molar-refractivity contribution in [3.05, 3.63) is 47.7 Å². The molecule has 0 N–H and O–H groups in total. The van der Waals surface area contributed by atoms with Gasteiger partial charge < -0.3 is 9.32 Å². The van der Waals surface area contributed by atoms with Gasteiger partial charge in [0.1, 0.15) is 11.5 Å². The summed E-state index contributed by atoms with van der Waals surface area (Å²) < 4.78 is 7.49. The van der Waals surface area contributed by atoms with E-state index in [1.807, 2.05) is 25.4 Å². The number of aryl methyl sites for hydroxylation is 1. The van der Waals surface area contributed by atoms with Gasteiger partial charge in [0.15, 0.2) is 0 Å². The summed E-state index contributed by atoms with van der Waals surface area (Å²) in [4.78, 5) is 13.8. The van der Waals surface area contributed by atoms with E-state index in [4.69, 9.17) is 4.42 Å². The molecule has 1 amide bonds. The first-order valence-corrected chi connectivity index (χ1v) is 7.53. The van der Waals surface area contributed by atoms with Crippen LogP contribution < -0.4 is 0 Å². The fourth-order valence-electron chi connectivity index (χ4n) is 2.56. The zero-order chi connectivity index (χ0) is 15.7. The highest BCUT2D eigenvalue weighted by Gasteiger charge is 2.36. The number of furan rings is 1. The summed E-state index contributed by atoms with van der Waals surface area (Å²) >= 11 is 0. The van der Waals surface area contributed by atoms with E-state index in [-0.39, 0.29) is 5.91 Å². The van der Waals surface area contributed by atoms with Crippen LogP contribution in [0.3, 0.4) is 0 Å². The van der Waals surface area contributed by atoms with Gasteiger partial charge in [0.25, 0.3) is 0 Å². The maximum atomic E-state index is 12.1. The van der Waals surface area contributed by atoms with Crippen LogP contribution >= 0.6 is 0 Å². The molecular formula is C17H21N3O2. The number of carbonyl (C=O) groups is 1. The van der Waals surface area contributed by atoms with Gasteiger partial charge in [-0.2, -0.15) is 5.10 Å². The molecule has 2 atom stereocenters. The molecule has 0 saturated heterocycles. The first-order chi connectivity index (χ1) is 10.5. The van der Waals surface area contributed by atoms with Crippen molar-refractivity contribution in [1.82, 2.24) is 14.7 Å². The van der Waals surface area contributed by atoms with Crippen LogP contribution in [0.15, 0.2) is 35.0 Å². The highest BCUT2D eigenvalue weighted by Crippen LogP contribution is 2.47. The number of amides is 1. The van der Waals surface area contributed by atoms with E-state index in [1.54, 1.807) is 35.0 Å². The number of aromatic nitrogens is 2. The molecule has 22 heavy (non-hydrogen) atoms. The molecule has 1 fully saturated rings. The van der Waals surface area contributed by atoms with Crippen LogP contribution in [0, 0.1) is 5.92 Å². The van der Waals surface area contributed by atoms with Crippen LogP contribution in [-0.2, 0) is 18.4 Å². The first kappa shape index (κ1) is 14.6. The molecule has 0 bridgehead atoms. The van der Waals surface area contributed by atoms with Crippen LogP contribution in [0.4, 0.5) is 0 Å². The van der Waals surface area contributed by atoms with E-state index in [0.717, 1.165) is 23.0 Å². The van der Waals surface area contributed by atoms with Crippen molar-refractivity contribution in [2.24, 2.45) is 13.0 Å². The summed E-state index contributed by atoms with van der Waals surface area (Å²) in [5, 5.41) is 4.10. The van der Waals surface area contributed by atoms with E-state index in [9.17, 15) is 4.79 Å². The highest BCUT2D eigenvalue weighted by molar-refractivity contribution is 5.91. The average Bonchev–Trinajstić information content (AvgIpc) is 2.90. The lowest BCUT2D eigenvalue weighted by molar-refractivity contribution is -0.125. The molecule has 3 rings (SSSR count). The predicted molar refractivity (Wildman–Crippen MR) is 83.9 cm³/mol. The van der Waals surface area contributed by atoms with Gasteiger partial charge in [-0.3, -0.25) is 9.48 Å². The largest absolute Gasteiger partial charge is 0.461 e. The Morgan fingerprint density at radius 2 is 2.32 bits per heavy atom. The zero-order valence-corrected chi connectivity index (χ0v) is 13.2. The second-order valence-electron chi connectivity index (χ2n) is 6.11. The zero-order valence-electron chi connectivity index (χ0n) is 13.2. The predicted octanol–water partition coefficient (Wildman–Crippen LogP) is 2.81. The monoisotopic (exact) mass is 299 g/mol. The van der Waals surface area contributed by atoms with Gasteiger partial charge in [0.05, 0.1) is 6.20 Å². The second kappa shape index (κ2) is 5.83. The fourth-order valence-corrected chi connectivity index (χ4v) is 2.56. The molecule has 2 unspecified atom stereocenters. The van der Waals surface area contributed by atoms with E-state index in [2.05, 4.69) is 12.0 Å². The minimum atomic E-state index is -0.0541. The maximum absolute atomic E-state index is 12.1. The Morgan fingerprint density at radius 1 is 1.55 bits per heavy atom. The Labute approximate surface area is 130 Å². The SMILES string of the molecule is CC1CC1c1ccc(/C=C/C(=O)N(C)Cc2cnn(C)c2)o1. The molecule has 1 aliphatic rings. The molecule has 0 radical (unpaired) electrons. The van der Waals surface area contributed by atoms with Crippen LogP contribution in [0.5, 0.6) is 0 Å². The van der Waals surface area contributed by atoms with Gasteiger partial charge in [-0.05, 0) is 30.5 Å². The van der Waals surface area contributed by atoms with Gasteiger partial charge in [-0.25, -0.2) is 0 Å². The van der Waals surface area contributed by atoms with Crippen LogP contribution in [-0.4, -0.2) is 27.6 Å². The summed E-state index contributed by atoms with van der Waals surface area (Å²) in [6.07, 6.45) is 8.16. The number of hydrogen-bond acceptors (Lipinski definition) is 3. The molecule has 0 spiro atoms. The van der Waals surface area contributed by atoms with Crippen LogP contribution in [0.25, 0.3) is 6.08 Å². The summed E-state index contributed by atoms with van der Waals surface area (Å²) in [7, 11) is 3.64. The Kier molecular flexibility index (Phi) is 3.88. The Morgan fingerprint density at radius 3 is 2.95 bits per heavy atom. The minimum Gasteiger partial charge on any atom is -0.461 e. The quantitative estimate of drug-likeness (QED) is 0.798. The van der Waals surface area contributed by atoms with E-state index >= 15 is 0 Å². The second-order valence-corrected chi connectivity index (χ2v) is 6.11. The molecule has 5 nitrogen and oxygen atoms in total. The topological polar surface area (TPSA) is 51.3 Å². The van der Waals surface area contributed by atoms with Crippen molar-refractivity contribution in [2.45, 2.75) is 25.8 Å². The molecule has 0 aliphatic heterocycles. The number of likely N-dealkylation sites (N-methyl/N-ethyl adjacent to an activating group) is 1. The first-order valence-electron chi connectivity index (χ1n) is 7.53. The lowest BCUT2D eigenvalue weighted by Gasteiger charge is -2.13. The maximum Gasteiger partial charge on any atom is 0.246 e. The van der Waals surface area contributed by atoms with E-state index < -0.39 is 0 Å². The molecule has 2 aromatic rings. The molecular weight excluding hydrogens is 278 g/mol. The smallest absolute Gasteiger partial charge is 0.246 e. The summed E-state index contributed by atoms with van der Waals surface area (Å²) in [5.41, 5.74) is 1.01. The third-order valence-corrected chi connectivity index (χ3v) is 4.07. The summed E-state index contributed by atoms with van der Waals surface area (Å²) in [6, 6.07) is 3.93. The normalized spacial score (nSPS) is 20.5. The van der Waals surface area contributed by atoms with Gasteiger partial charge in [-0.15, -0.1) is 0 Å². The van der Waals surface area contributed by atoms with Gasteiger partial charge in [0.2, 0.25) is 5.91 Å². The van der Waals surface area contributed by atoms with Gasteiger partial charge in [0, 0.05) is 44.4 Å². The van der Waals surface area contributed by atoms with Crippen LogP contribution in [0.1, 0.15) is 36.3 Å². The molecule has 1 aliphatic carbocycles. The Bertz CT molecular complexity index is 698. The van der Waals surface area contributed by atoms with Crippen molar-refractivity contribution >= 4 is 12.0 Å². The van der Waals surface area contributed by atoms with E-state index in [1.165, 1.54) is 6.42 Å². The van der Waals surface area contributed by atoms with Crippen molar-refractivity contribution < 1.29 is 9.21 Å². The van der Waals surface area contributed by atoms with Crippen molar-refractivity contribution in [3.63, 3.8) is 0 Å². The minimum absolute atomic E-state index is 0.0541. The Hall–Kier alpha value is -2.30. The molecule has 0 aromatic carbocycles. The number of rotatable bonds is 5. The molecule has 116 valence electrons. The number of hydrogen-bond donors (Lipinski definition) is 0. The number of carbonyl (C=O) groups excluding carboxylic acids is 1. The van der Waals surface area contributed by atoms with E-state index in [0.29, 0.717) is 12.5 Å². The molecule has 2 heterocycles.